The average Bonchev–Trinajstić information content (AvgIpc) is 3.79. The van der Waals surface area contributed by atoms with Gasteiger partial charge < -0.3 is 24.7 Å². The van der Waals surface area contributed by atoms with Crippen molar-refractivity contribution in [3.63, 3.8) is 0 Å². The summed E-state index contributed by atoms with van der Waals surface area (Å²) >= 11 is 0. The maximum atomic E-state index is 16.0. The number of rotatable bonds is 14. The van der Waals surface area contributed by atoms with Gasteiger partial charge in [-0.2, -0.15) is 0 Å². The standard InChI is InChI=1S/C40H51FN4O5/c1-7-18-45(19-17-25(2)20-28-12-9-8-11-26(28)3)35-23-32(41)31(22-33(35)43-37(47)34-24-49-38(44-34)27-15-16-27)36(46)42-30-14-10-13-29(21-30)39(48)50-40(4,5)6/h8-9,11-12,22-24,27,29-30H,2,7,10,13-21H2,1,3-6H3,(H,42,46)(H,43,47)/t29-,30-/m0/s1. The summed E-state index contributed by atoms with van der Waals surface area (Å²) in [5.74, 6) is -1.68. The van der Waals surface area contributed by atoms with Crippen molar-refractivity contribution >= 4 is 29.2 Å². The molecule has 2 amide bonds. The molecule has 2 aliphatic carbocycles. The van der Waals surface area contributed by atoms with E-state index in [1.54, 1.807) is 0 Å². The normalized spacial score (nSPS) is 17.6. The zero-order chi connectivity index (χ0) is 36.0. The molecule has 2 N–H and O–H groups in total. The summed E-state index contributed by atoms with van der Waals surface area (Å²) in [6, 6.07) is 10.6. The number of carbonyl (C=O) groups excluding carboxylic acids is 3. The van der Waals surface area contributed by atoms with Crippen LogP contribution in [0.15, 0.2) is 59.2 Å². The quantitative estimate of drug-likeness (QED) is 0.130. The number of ether oxygens (including phenoxy) is 1. The van der Waals surface area contributed by atoms with Crippen molar-refractivity contribution in [2.24, 2.45) is 5.92 Å². The predicted octanol–water partition coefficient (Wildman–Crippen LogP) is 8.29. The smallest absolute Gasteiger partial charge is 0.309 e. The van der Waals surface area contributed by atoms with E-state index in [1.165, 1.54) is 29.5 Å². The first kappa shape index (κ1) is 36.8. The van der Waals surface area contributed by atoms with Crippen LogP contribution < -0.4 is 15.5 Å². The fourth-order valence-electron chi connectivity index (χ4n) is 6.46. The predicted molar refractivity (Wildman–Crippen MR) is 193 cm³/mol. The fraction of sp³-hybridized carbons (Fsp3) is 0.500. The van der Waals surface area contributed by atoms with Gasteiger partial charge in [0, 0.05) is 31.1 Å². The summed E-state index contributed by atoms with van der Waals surface area (Å²) in [7, 11) is 0. The highest BCUT2D eigenvalue weighted by Crippen LogP contribution is 2.39. The van der Waals surface area contributed by atoms with Crippen molar-refractivity contribution in [3.8, 4) is 0 Å². The van der Waals surface area contributed by atoms with E-state index in [0.29, 0.717) is 56.0 Å². The SMILES string of the molecule is C=C(CCN(CCC)c1cc(F)c(C(=O)N[C@H]2CCC[C@H](C(=O)OC(C)(C)C)C2)cc1NC(=O)c1coc(C2CC2)n1)Cc1ccccc1C. The molecule has 0 aliphatic heterocycles. The summed E-state index contributed by atoms with van der Waals surface area (Å²) in [6.07, 6.45) is 7.94. The van der Waals surface area contributed by atoms with Crippen LogP contribution in [0.1, 0.15) is 123 Å². The van der Waals surface area contributed by atoms with Crippen LogP contribution in [-0.4, -0.2) is 47.5 Å². The number of nitrogens with one attached hydrogen (secondary N) is 2. The molecule has 0 saturated heterocycles. The molecule has 1 heterocycles. The summed E-state index contributed by atoms with van der Waals surface area (Å²) in [5, 5.41) is 5.86. The van der Waals surface area contributed by atoms with E-state index < -0.39 is 23.2 Å². The number of aryl methyl sites for hydroxylation is 1. The lowest BCUT2D eigenvalue weighted by Crippen LogP contribution is -2.41. The summed E-state index contributed by atoms with van der Waals surface area (Å²) in [5.41, 5.74) is 3.53. The zero-order valence-corrected chi connectivity index (χ0v) is 30.1. The molecule has 2 aromatic carbocycles. The molecule has 2 saturated carbocycles. The number of halogens is 1. The topological polar surface area (TPSA) is 114 Å². The molecule has 2 aliphatic rings. The highest BCUT2D eigenvalue weighted by atomic mass is 19.1. The first-order chi connectivity index (χ1) is 23.8. The van der Waals surface area contributed by atoms with Gasteiger partial charge in [0.05, 0.1) is 22.9 Å². The van der Waals surface area contributed by atoms with Crippen molar-refractivity contribution in [2.45, 2.75) is 110 Å². The van der Waals surface area contributed by atoms with Crippen LogP contribution in [0.3, 0.4) is 0 Å². The Balaban J connectivity index is 1.37. The summed E-state index contributed by atoms with van der Waals surface area (Å²) in [6.45, 7) is 15.1. The Kier molecular flexibility index (Phi) is 11.8. The van der Waals surface area contributed by atoms with E-state index in [-0.39, 0.29) is 35.1 Å². The minimum Gasteiger partial charge on any atom is -0.460 e. The van der Waals surface area contributed by atoms with Gasteiger partial charge in [-0.3, -0.25) is 14.4 Å². The molecule has 10 heteroatoms. The number of benzene rings is 2. The molecule has 0 unspecified atom stereocenters. The van der Waals surface area contributed by atoms with E-state index in [0.717, 1.165) is 37.7 Å². The summed E-state index contributed by atoms with van der Waals surface area (Å²) in [4.78, 5) is 46.3. The molecule has 268 valence electrons. The van der Waals surface area contributed by atoms with Crippen LogP contribution in [0.4, 0.5) is 15.8 Å². The number of hydrogen-bond acceptors (Lipinski definition) is 7. The number of aromatic nitrogens is 1. The second-order valence-electron chi connectivity index (χ2n) is 14.8. The first-order valence-corrected chi connectivity index (χ1v) is 17.9. The largest absolute Gasteiger partial charge is 0.460 e. The Morgan fingerprint density at radius 2 is 1.84 bits per heavy atom. The third-order valence-corrected chi connectivity index (χ3v) is 9.28. The fourth-order valence-corrected chi connectivity index (χ4v) is 6.46. The van der Waals surface area contributed by atoms with Crippen LogP contribution in [0.2, 0.25) is 0 Å². The van der Waals surface area contributed by atoms with E-state index in [4.69, 9.17) is 9.15 Å². The van der Waals surface area contributed by atoms with Gasteiger partial charge in [0.2, 0.25) is 0 Å². The van der Waals surface area contributed by atoms with Gasteiger partial charge in [0.1, 0.15) is 17.7 Å². The molecular weight excluding hydrogens is 635 g/mol. The number of nitrogens with zero attached hydrogens (tertiary/aromatic N) is 2. The van der Waals surface area contributed by atoms with Gasteiger partial charge >= 0.3 is 5.97 Å². The minimum absolute atomic E-state index is 0.122. The monoisotopic (exact) mass is 686 g/mol. The van der Waals surface area contributed by atoms with Gasteiger partial charge in [-0.05, 0) is 96.3 Å². The van der Waals surface area contributed by atoms with E-state index in [2.05, 4.69) is 41.3 Å². The lowest BCUT2D eigenvalue weighted by atomic mass is 9.85. The van der Waals surface area contributed by atoms with Gasteiger partial charge in [-0.25, -0.2) is 9.37 Å². The number of anilines is 2. The van der Waals surface area contributed by atoms with Crippen molar-refractivity contribution in [3.05, 3.63) is 88.9 Å². The molecule has 0 bridgehead atoms. The number of carbonyl (C=O) groups is 3. The van der Waals surface area contributed by atoms with Crippen LogP contribution in [0.25, 0.3) is 0 Å². The third-order valence-electron chi connectivity index (χ3n) is 9.28. The lowest BCUT2D eigenvalue weighted by Gasteiger charge is -2.31. The average molecular weight is 687 g/mol. The maximum Gasteiger partial charge on any atom is 0.309 e. The molecule has 50 heavy (non-hydrogen) atoms. The Bertz CT molecular complexity index is 1710. The lowest BCUT2D eigenvalue weighted by molar-refractivity contribution is -0.161. The molecular formula is C40H51FN4O5. The number of hydrogen-bond donors (Lipinski definition) is 2. The van der Waals surface area contributed by atoms with Crippen molar-refractivity contribution in [2.75, 3.05) is 23.3 Å². The Morgan fingerprint density at radius 3 is 2.54 bits per heavy atom. The van der Waals surface area contributed by atoms with E-state index in [9.17, 15) is 14.4 Å². The second kappa shape index (κ2) is 16.0. The third kappa shape index (κ3) is 9.82. The molecule has 2 fully saturated rings. The van der Waals surface area contributed by atoms with Gasteiger partial charge in [0.25, 0.3) is 11.8 Å². The number of amides is 2. The minimum atomic E-state index is -0.702. The Labute approximate surface area is 295 Å². The molecule has 9 nitrogen and oxygen atoms in total. The summed E-state index contributed by atoms with van der Waals surface area (Å²) < 4.78 is 27.1. The Morgan fingerprint density at radius 1 is 1.08 bits per heavy atom. The van der Waals surface area contributed by atoms with Crippen molar-refractivity contribution in [1.29, 1.82) is 0 Å². The Hall–Kier alpha value is -4.47. The van der Waals surface area contributed by atoms with Crippen LogP contribution >= 0.6 is 0 Å². The van der Waals surface area contributed by atoms with Gasteiger partial charge in [0.15, 0.2) is 11.6 Å². The zero-order valence-electron chi connectivity index (χ0n) is 30.1. The van der Waals surface area contributed by atoms with Crippen LogP contribution in [-0.2, 0) is 16.0 Å². The highest BCUT2D eigenvalue weighted by molar-refractivity contribution is 6.06. The van der Waals surface area contributed by atoms with Gasteiger partial charge in [-0.1, -0.05) is 49.8 Å². The number of oxazole rings is 1. The molecule has 1 aromatic heterocycles. The van der Waals surface area contributed by atoms with Crippen LogP contribution in [0.5, 0.6) is 0 Å². The van der Waals surface area contributed by atoms with Crippen molar-refractivity contribution in [1.82, 2.24) is 10.3 Å². The highest BCUT2D eigenvalue weighted by Gasteiger charge is 2.33. The maximum absolute atomic E-state index is 16.0. The second-order valence-corrected chi connectivity index (χ2v) is 14.8. The van der Waals surface area contributed by atoms with Crippen molar-refractivity contribution < 1.29 is 27.9 Å². The van der Waals surface area contributed by atoms with E-state index >= 15 is 4.39 Å². The molecule has 0 spiro atoms. The molecule has 3 aromatic rings. The van der Waals surface area contributed by atoms with Gasteiger partial charge in [-0.15, -0.1) is 0 Å². The molecule has 2 atom stereocenters. The molecule has 0 radical (unpaired) electrons. The molecule has 5 rings (SSSR count). The number of esters is 1. The first-order valence-electron chi connectivity index (χ1n) is 17.9. The van der Waals surface area contributed by atoms with E-state index in [1.807, 2.05) is 44.7 Å². The van der Waals surface area contributed by atoms with Crippen LogP contribution in [0, 0.1) is 18.7 Å².